The first kappa shape index (κ1) is 27.9. The number of aliphatic hydroxyl groups is 11. The van der Waals surface area contributed by atoms with E-state index in [0.717, 1.165) is 0 Å². The van der Waals surface area contributed by atoms with E-state index in [4.69, 9.17) is 23.7 Å². The van der Waals surface area contributed by atoms with Crippen LogP contribution < -0.4 is 0 Å². The monoisotopic (exact) mass is 504 g/mol. The first-order valence-electron chi connectivity index (χ1n) is 10.6. The van der Waals surface area contributed by atoms with Crippen molar-refractivity contribution >= 4 is 0 Å². The van der Waals surface area contributed by atoms with Crippen molar-refractivity contribution in [3.8, 4) is 0 Å². The van der Waals surface area contributed by atoms with E-state index in [0.29, 0.717) is 0 Å². The molecule has 0 radical (unpaired) electrons. The van der Waals surface area contributed by atoms with Gasteiger partial charge >= 0.3 is 0 Å². The van der Waals surface area contributed by atoms with Gasteiger partial charge in [0.1, 0.15) is 73.8 Å². The lowest BCUT2D eigenvalue weighted by Gasteiger charge is -2.45. The Kier molecular flexibility index (Phi) is 9.18. The van der Waals surface area contributed by atoms with Crippen molar-refractivity contribution in [3.05, 3.63) is 0 Å². The molecular formula is C18H32O16. The van der Waals surface area contributed by atoms with Crippen LogP contribution in [0.3, 0.4) is 0 Å². The molecule has 0 saturated carbocycles. The molecule has 3 heterocycles. The van der Waals surface area contributed by atoms with E-state index in [1.807, 2.05) is 0 Å². The second-order valence-electron chi connectivity index (χ2n) is 8.37. The lowest BCUT2D eigenvalue weighted by molar-refractivity contribution is -0.400. The molecular weight excluding hydrogens is 472 g/mol. The summed E-state index contributed by atoms with van der Waals surface area (Å²) in [7, 11) is 0. The minimum atomic E-state index is -2.43. The van der Waals surface area contributed by atoms with Crippen LogP contribution in [0.2, 0.25) is 0 Å². The molecule has 16 nitrogen and oxygen atoms in total. The molecule has 34 heavy (non-hydrogen) atoms. The van der Waals surface area contributed by atoms with Gasteiger partial charge in [0.05, 0.1) is 19.8 Å². The summed E-state index contributed by atoms with van der Waals surface area (Å²) in [6.45, 7) is -3.49. The highest BCUT2D eigenvalue weighted by molar-refractivity contribution is 5.01. The normalized spacial score (nSPS) is 52.1. The van der Waals surface area contributed by atoms with Crippen molar-refractivity contribution in [1.29, 1.82) is 0 Å². The Labute approximate surface area is 192 Å². The lowest BCUT2D eigenvalue weighted by atomic mass is 9.98. The molecule has 0 bridgehead atoms. The molecule has 0 amide bonds. The second kappa shape index (κ2) is 11.2. The Bertz CT molecular complexity index is 651. The first-order chi connectivity index (χ1) is 16.0. The summed E-state index contributed by atoms with van der Waals surface area (Å²) in [5.41, 5.74) is 0. The number of aliphatic hydroxyl groups excluding tert-OH is 11. The van der Waals surface area contributed by atoms with Crippen molar-refractivity contribution in [2.45, 2.75) is 85.5 Å². The molecule has 14 atom stereocenters. The van der Waals surface area contributed by atoms with Gasteiger partial charge in [0, 0.05) is 0 Å². The van der Waals surface area contributed by atoms with Gasteiger partial charge in [0.15, 0.2) is 12.6 Å². The molecule has 3 aliphatic heterocycles. The Morgan fingerprint density at radius 1 is 0.559 bits per heavy atom. The molecule has 3 fully saturated rings. The third kappa shape index (κ3) is 4.96. The Morgan fingerprint density at radius 3 is 1.50 bits per heavy atom. The van der Waals surface area contributed by atoms with E-state index in [1.165, 1.54) is 0 Å². The highest BCUT2D eigenvalue weighted by Gasteiger charge is 2.61. The maximum atomic E-state index is 10.6. The van der Waals surface area contributed by atoms with Crippen LogP contribution in [-0.2, 0) is 23.7 Å². The molecule has 200 valence electrons. The molecule has 3 saturated heterocycles. The summed E-state index contributed by atoms with van der Waals surface area (Å²) >= 11 is 0. The zero-order valence-corrected chi connectivity index (χ0v) is 17.8. The summed E-state index contributed by atoms with van der Waals surface area (Å²) in [5, 5.41) is 109. The third-order valence-corrected chi connectivity index (χ3v) is 6.17. The van der Waals surface area contributed by atoms with Crippen LogP contribution in [0.5, 0.6) is 0 Å². The molecule has 3 rings (SSSR count). The fourth-order valence-electron chi connectivity index (χ4n) is 4.12. The fourth-order valence-corrected chi connectivity index (χ4v) is 4.12. The number of ether oxygens (including phenoxy) is 5. The quantitative estimate of drug-likeness (QED) is 0.146. The molecule has 16 heteroatoms. The average Bonchev–Trinajstić information content (AvgIpc) is 3.10. The summed E-state index contributed by atoms with van der Waals surface area (Å²) in [6.07, 6.45) is -22.3. The van der Waals surface area contributed by atoms with Gasteiger partial charge in [-0.05, 0) is 0 Å². The van der Waals surface area contributed by atoms with Gasteiger partial charge in [-0.15, -0.1) is 0 Å². The van der Waals surface area contributed by atoms with E-state index < -0.39 is 112 Å². The highest BCUT2D eigenvalue weighted by Crippen LogP contribution is 2.39. The molecule has 0 aromatic rings. The zero-order chi connectivity index (χ0) is 25.4. The molecule has 0 aromatic heterocycles. The Balaban J connectivity index is 1.87. The SMILES string of the molecule is OC[C@@H]1O[C@H](O[C@@H]2[C@H](O)[C@H](CO)O[C@@]2(CO)O[C@@H]2O[C@H](CO)[C@@H](O)[C@H](O)[C@@H]2O)[C@@H](O)[C@H](O)[C@H]1O. The van der Waals surface area contributed by atoms with Gasteiger partial charge < -0.3 is 79.9 Å². The standard InChI is InChI=1S/C18H32O16/c19-1-5-8(23)11(26)13(28)16(30-5)32-15-10(25)7(3-21)33-18(15,4-22)34-17-14(29)12(27)9(24)6(2-20)31-17/h5-17,19-29H,1-4H2/t5-,6+,7-,8-,9+,10+,11+,12-,13-,14-,15+,16+,17-,18-/m0/s1. The predicted molar refractivity (Wildman–Crippen MR) is 101 cm³/mol. The smallest absolute Gasteiger partial charge is 0.224 e. The Hall–Kier alpha value is -0.640. The number of hydrogen-bond acceptors (Lipinski definition) is 16. The number of hydrogen-bond donors (Lipinski definition) is 11. The van der Waals surface area contributed by atoms with Gasteiger partial charge in [0.2, 0.25) is 5.79 Å². The van der Waals surface area contributed by atoms with Crippen LogP contribution >= 0.6 is 0 Å². The van der Waals surface area contributed by atoms with Crippen molar-refractivity contribution < 1.29 is 79.9 Å². The van der Waals surface area contributed by atoms with E-state index in [2.05, 4.69) is 0 Å². The highest BCUT2D eigenvalue weighted by atomic mass is 16.8. The van der Waals surface area contributed by atoms with Crippen LogP contribution in [0.1, 0.15) is 0 Å². The summed E-state index contributed by atoms with van der Waals surface area (Å²) in [4.78, 5) is 0. The van der Waals surface area contributed by atoms with Gasteiger partial charge in [-0.3, -0.25) is 0 Å². The number of rotatable bonds is 8. The van der Waals surface area contributed by atoms with Gasteiger partial charge in [-0.25, -0.2) is 0 Å². The summed E-state index contributed by atoms with van der Waals surface area (Å²) in [6, 6.07) is 0. The minimum Gasteiger partial charge on any atom is -0.394 e. The fraction of sp³-hybridized carbons (Fsp3) is 1.00. The zero-order valence-electron chi connectivity index (χ0n) is 17.8. The molecule has 0 unspecified atom stereocenters. The van der Waals surface area contributed by atoms with Crippen molar-refractivity contribution in [1.82, 2.24) is 0 Å². The van der Waals surface area contributed by atoms with Crippen LogP contribution in [0.15, 0.2) is 0 Å². The molecule has 11 N–H and O–H groups in total. The first-order valence-corrected chi connectivity index (χ1v) is 10.6. The van der Waals surface area contributed by atoms with Gasteiger partial charge in [0.25, 0.3) is 0 Å². The van der Waals surface area contributed by atoms with E-state index in [1.54, 1.807) is 0 Å². The van der Waals surface area contributed by atoms with E-state index in [-0.39, 0.29) is 0 Å². The van der Waals surface area contributed by atoms with Crippen molar-refractivity contribution in [3.63, 3.8) is 0 Å². The van der Waals surface area contributed by atoms with Gasteiger partial charge in [-0.2, -0.15) is 0 Å². The van der Waals surface area contributed by atoms with E-state index in [9.17, 15) is 56.2 Å². The molecule has 0 aromatic carbocycles. The van der Waals surface area contributed by atoms with Crippen LogP contribution in [0.25, 0.3) is 0 Å². The predicted octanol–water partition coefficient (Wildman–Crippen LogP) is -7.57. The largest absolute Gasteiger partial charge is 0.394 e. The van der Waals surface area contributed by atoms with Gasteiger partial charge in [-0.1, -0.05) is 0 Å². The second-order valence-corrected chi connectivity index (χ2v) is 8.37. The third-order valence-electron chi connectivity index (χ3n) is 6.17. The summed E-state index contributed by atoms with van der Waals surface area (Å²) in [5.74, 6) is -2.43. The molecule has 0 aliphatic carbocycles. The maximum absolute atomic E-state index is 10.6. The molecule has 0 spiro atoms. The molecule has 3 aliphatic rings. The van der Waals surface area contributed by atoms with Crippen LogP contribution in [0, 0.1) is 0 Å². The van der Waals surface area contributed by atoms with Crippen LogP contribution in [0.4, 0.5) is 0 Å². The maximum Gasteiger partial charge on any atom is 0.224 e. The van der Waals surface area contributed by atoms with Crippen LogP contribution in [-0.4, -0.2) is 168 Å². The Morgan fingerprint density at radius 2 is 1.03 bits per heavy atom. The topological polar surface area (TPSA) is 269 Å². The minimum absolute atomic E-state index is 0.777. The lowest BCUT2D eigenvalue weighted by Crippen LogP contribution is -2.64. The van der Waals surface area contributed by atoms with Crippen molar-refractivity contribution in [2.24, 2.45) is 0 Å². The average molecular weight is 504 g/mol. The van der Waals surface area contributed by atoms with E-state index >= 15 is 0 Å². The van der Waals surface area contributed by atoms with Crippen molar-refractivity contribution in [2.75, 3.05) is 26.4 Å². The summed E-state index contributed by atoms with van der Waals surface area (Å²) < 4.78 is 27.0.